The molecule has 0 spiro atoms. The second-order valence-electron chi connectivity index (χ2n) is 8.34. The Morgan fingerprint density at radius 3 is 1.97 bits per heavy atom. The maximum Gasteiger partial charge on any atom is 0.245 e. The quantitative estimate of drug-likeness (QED) is 0.185. The lowest BCUT2D eigenvalue weighted by molar-refractivity contribution is -0.134. The predicted molar refractivity (Wildman–Crippen MR) is 125 cm³/mol. The molecule has 0 saturated carbocycles. The fourth-order valence-electron chi connectivity index (χ4n) is 3.05. The van der Waals surface area contributed by atoms with Gasteiger partial charge in [-0.1, -0.05) is 44.2 Å². The lowest BCUT2D eigenvalue weighted by Gasteiger charge is -2.26. The number of carbonyl (C=O) groups is 4. The van der Waals surface area contributed by atoms with Gasteiger partial charge in [0.25, 0.3) is 0 Å². The number of aliphatic hydroxyl groups is 1. The van der Waals surface area contributed by atoms with E-state index in [0.29, 0.717) is 0 Å². The van der Waals surface area contributed by atoms with Crippen LogP contribution >= 0.6 is 0 Å². The third-order valence-electron chi connectivity index (χ3n) is 4.82. The van der Waals surface area contributed by atoms with Gasteiger partial charge < -0.3 is 32.1 Å². The van der Waals surface area contributed by atoms with Gasteiger partial charge in [-0.3, -0.25) is 24.0 Å². The SMILES string of the molecule is CC(C)C[C@H](NC(=O)[C@H](Cc1ccccc1)NC(=O)[C@H](C)N)C(=O)N[C@@H](CO)C(=O)NC[C]=O. The number of hydrogen-bond acceptors (Lipinski definition) is 7. The molecule has 0 aliphatic rings. The first-order valence-corrected chi connectivity index (χ1v) is 11.0. The zero-order valence-corrected chi connectivity index (χ0v) is 19.7. The van der Waals surface area contributed by atoms with Crippen LogP contribution < -0.4 is 27.0 Å². The topological polar surface area (TPSA) is 180 Å². The molecular formula is C23H34N5O6. The van der Waals surface area contributed by atoms with E-state index in [1.807, 2.05) is 19.9 Å². The first-order chi connectivity index (χ1) is 16.1. The van der Waals surface area contributed by atoms with Crippen molar-refractivity contribution < 1.29 is 29.1 Å². The van der Waals surface area contributed by atoms with Crippen LogP contribution in [0.3, 0.4) is 0 Å². The van der Waals surface area contributed by atoms with E-state index in [9.17, 15) is 29.1 Å². The standard InChI is InChI=1S/C23H34N5O6/c1-14(2)11-17(22(33)28-19(13-30)21(32)25-9-10-29)27-23(34)18(26-20(31)15(3)24)12-16-7-5-4-6-8-16/h4-8,14-15,17-19,30H,9,11-13,24H2,1-3H3,(H,25,32)(H,26,31)(H,27,34)(H,28,33)/t15-,17-,18-,19-/m0/s1. The molecular weight excluding hydrogens is 442 g/mol. The van der Waals surface area contributed by atoms with E-state index in [4.69, 9.17) is 5.73 Å². The van der Waals surface area contributed by atoms with Crippen molar-refractivity contribution in [1.82, 2.24) is 21.3 Å². The van der Waals surface area contributed by atoms with Crippen molar-refractivity contribution in [3.8, 4) is 0 Å². The number of nitrogens with two attached hydrogens (primary N) is 1. The Balaban J connectivity index is 3.02. The Kier molecular flexibility index (Phi) is 12.5. The van der Waals surface area contributed by atoms with Gasteiger partial charge in [-0.05, 0) is 24.8 Å². The largest absolute Gasteiger partial charge is 0.394 e. The summed E-state index contributed by atoms with van der Waals surface area (Å²) in [4.78, 5) is 60.5. The highest BCUT2D eigenvalue weighted by molar-refractivity contribution is 5.95. The molecule has 1 radical (unpaired) electrons. The molecule has 7 N–H and O–H groups in total. The van der Waals surface area contributed by atoms with Crippen molar-refractivity contribution in [2.24, 2.45) is 11.7 Å². The maximum absolute atomic E-state index is 13.1. The fourth-order valence-corrected chi connectivity index (χ4v) is 3.05. The molecule has 0 aromatic heterocycles. The van der Waals surface area contributed by atoms with Crippen molar-refractivity contribution >= 4 is 29.9 Å². The van der Waals surface area contributed by atoms with Gasteiger partial charge in [0.2, 0.25) is 29.9 Å². The molecule has 11 nitrogen and oxygen atoms in total. The summed E-state index contributed by atoms with van der Waals surface area (Å²) in [5.74, 6) is -2.58. The van der Waals surface area contributed by atoms with Crippen molar-refractivity contribution in [3.63, 3.8) is 0 Å². The molecule has 0 bridgehead atoms. The molecule has 0 unspecified atom stereocenters. The van der Waals surface area contributed by atoms with Gasteiger partial charge in [-0.2, -0.15) is 0 Å². The molecule has 34 heavy (non-hydrogen) atoms. The Morgan fingerprint density at radius 2 is 1.44 bits per heavy atom. The van der Waals surface area contributed by atoms with Crippen LogP contribution in [0.15, 0.2) is 30.3 Å². The third kappa shape index (κ3) is 10.1. The van der Waals surface area contributed by atoms with E-state index in [2.05, 4.69) is 21.3 Å². The predicted octanol–water partition coefficient (Wildman–Crippen LogP) is -1.70. The monoisotopic (exact) mass is 476 g/mol. The summed E-state index contributed by atoms with van der Waals surface area (Å²) in [6.45, 7) is 4.09. The molecule has 0 aliphatic heterocycles. The van der Waals surface area contributed by atoms with Crippen LogP contribution in [0.2, 0.25) is 0 Å². The van der Waals surface area contributed by atoms with Crippen LogP contribution in [0.5, 0.6) is 0 Å². The lowest BCUT2D eigenvalue weighted by Crippen LogP contribution is -2.58. The zero-order valence-electron chi connectivity index (χ0n) is 19.7. The van der Waals surface area contributed by atoms with Gasteiger partial charge >= 0.3 is 0 Å². The van der Waals surface area contributed by atoms with Crippen molar-refractivity contribution in [3.05, 3.63) is 35.9 Å². The highest BCUT2D eigenvalue weighted by Crippen LogP contribution is 2.08. The second kappa shape index (κ2) is 14.8. The first kappa shape index (κ1) is 28.7. The van der Waals surface area contributed by atoms with Gasteiger partial charge in [0.1, 0.15) is 18.1 Å². The third-order valence-corrected chi connectivity index (χ3v) is 4.82. The van der Waals surface area contributed by atoms with Crippen LogP contribution in [0.4, 0.5) is 0 Å². The fraction of sp³-hybridized carbons (Fsp3) is 0.522. The molecule has 0 aliphatic carbocycles. The highest BCUT2D eigenvalue weighted by atomic mass is 16.3. The minimum absolute atomic E-state index is 0.00616. The number of rotatable bonds is 14. The Bertz CT molecular complexity index is 830. The number of hydrogen-bond donors (Lipinski definition) is 6. The number of nitrogens with one attached hydrogen (secondary N) is 4. The molecule has 0 fully saturated rings. The molecule has 187 valence electrons. The van der Waals surface area contributed by atoms with Crippen molar-refractivity contribution in [1.29, 1.82) is 0 Å². The summed E-state index contributed by atoms with van der Waals surface area (Å²) in [7, 11) is 0. The summed E-state index contributed by atoms with van der Waals surface area (Å²) in [6.07, 6.45) is 1.89. The molecule has 4 atom stereocenters. The Hall–Kier alpha value is -3.31. The molecule has 0 saturated heterocycles. The van der Waals surface area contributed by atoms with Gasteiger partial charge in [0, 0.05) is 6.42 Å². The molecule has 0 heterocycles. The number of aliphatic hydroxyl groups excluding tert-OH is 1. The summed E-state index contributed by atoms with van der Waals surface area (Å²) >= 11 is 0. The van der Waals surface area contributed by atoms with E-state index < -0.39 is 60.9 Å². The summed E-state index contributed by atoms with van der Waals surface area (Å²) in [5.41, 5.74) is 6.43. The first-order valence-electron chi connectivity index (χ1n) is 11.0. The number of amides is 4. The molecule has 1 aromatic carbocycles. The number of carbonyl (C=O) groups excluding carboxylic acids is 5. The Morgan fingerprint density at radius 1 is 0.882 bits per heavy atom. The summed E-state index contributed by atoms with van der Waals surface area (Å²) < 4.78 is 0. The molecule has 11 heteroatoms. The smallest absolute Gasteiger partial charge is 0.245 e. The van der Waals surface area contributed by atoms with E-state index in [1.165, 1.54) is 13.2 Å². The van der Waals surface area contributed by atoms with Crippen LogP contribution in [0, 0.1) is 5.92 Å². The van der Waals surface area contributed by atoms with Crippen LogP contribution in [-0.4, -0.2) is 72.3 Å². The number of benzene rings is 1. The van der Waals surface area contributed by atoms with Crippen molar-refractivity contribution in [2.75, 3.05) is 13.2 Å². The minimum Gasteiger partial charge on any atom is -0.394 e. The van der Waals surface area contributed by atoms with Gasteiger partial charge in [0.05, 0.1) is 19.2 Å². The Labute approximate surface area is 199 Å². The van der Waals surface area contributed by atoms with Crippen LogP contribution in [-0.2, 0) is 30.4 Å². The summed E-state index contributed by atoms with van der Waals surface area (Å²) in [6, 6.07) is 4.84. The van der Waals surface area contributed by atoms with E-state index in [0.717, 1.165) is 5.56 Å². The molecule has 4 amide bonds. The van der Waals surface area contributed by atoms with Gasteiger partial charge in [0.15, 0.2) is 0 Å². The minimum atomic E-state index is -1.31. The highest BCUT2D eigenvalue weighted by Gasteiger charge is 2.30. The molecule has 1 rings (SSSR count). The zero-order chi connectivity index (χ0) is 25.7. The van der Waals surface area contributed by atoms with E-state index in [-0.39, 0.29) is 18.8 Å². The second-order valence-corrected chi connectivity index (χ2v) is 8.34. The normalized spacial score (nSPS) is 14.3. The molecule has 1 aromatic rings. The van der Waals surface area contributed by atoms with E-state index >= 15 is 0 Å². The lowest BCUT2D eigenvalue weighted by atomic mass is 10.0. The maximum atomic E-state index is 13.1. The summed E-state index contributed by atoms with van der Waals surface area (Å²) in [5, 5.41) is 19.3. The van der Waals surface area contributed by atoms with E-state index in [1.54, 1.807) is 24.3 Å². The van der Waals surface area contributed by atoms with Crippen molar-refractivity contribution in [2.45, 2.75) is 57.8 Å². The van der Waals surface area contributed by atoms with Gasteiger partial charge in [-0.25, -0.2) is 0 Å². The van der Waals surface area contributed by atoms with Crippen LogP contribution in [0.1, 0.15) is 32.8 Å². The average Bonchev–Trinajstić information content (AvgIpc) is 2.80. The van der Waals surface area contributed by atoms with Crippen LogP contribution in [0.25, 0.3) is 0 Å². The van der Waals surface area contributed by atoms with Gasteiger partial charge in [-0.15, -0.1) is 0 Å². The average molecular weight is 477 g/mol.